The van der Waals surface area contributed by atoms with Crippen LogP contribution in [0, 0.1) is 6.92 Å². The fourth-order valence-electron chi connectivity index (χ4n) is 3.49. The lowest BCUT2D eigenvalue weighted by molar-refractivity contribution is -0.119. The zero-order valence-corrected chi connectivity index (χ0v) is 19.5. The lowest BCUT2D eigenvalue weighted by atomic mass is 10.1. The topological polar surface area (TPSA) is 86.8 Å². The van der Waals surface area contributed by atoms with E-state index in [0.29, 0.717) is 41.5 Å². The van der Waals surface area contributed by atoms with Gasteiger partial charge in [0.1, 0.15) is 6.04 Å². The summed E-state index contributed by atoms with van der Waals surface area (Å²) in [5, 5.41) is 2.81. The Morgan fingerprint density at radius 2 is 1.81 bits per heavy atom. The molecule has 9 heteroatoms. The molecule has 0 unspecified atom stereocenters. The van der Waals surface area contributed by atoms with Crippen LogP contribution in [0.15, 0.2) is 53.4 Å². The highest BCUT2D eigenvalue weighted by Crippen LogP contribution is 2.27. The van der Waals surface area contributed by atoms with E-state index in [0.717, 1.165) is 0 Å². The molecule has 2 amide bonds. The number of nitrogens with zero attached hydrogens (tertiary/aromatic N) is 2. The predicted molar refractivity (Wildman–Crippen MR) is 124 cm³/mol. The van der Waals surface area contributed by atoms with Crippen molar-refractivity contribution in [3.8, 4) is 0 Å². The second-order valence-corrected chi connectivity index (χ2v) is 10.1. The maximum absolute atomic E-state index is 13.0. The summed E-state index contributed by atoms with van der Waals surface area (Å²) in [6, 6.07) is 13.1. The van der Waals surface area contributed by atoms with Gasteiger partial charge >= 0.3 is 0 Å². The van der Waals surface area contributed by atoms with Crippen LogP contribution in [0.4, 0.5) is 5.69 Å². The van der Waals surface area contributed by atoms with Crippen LogP contribution in [0.2, 0.25) is 0 Å². The van der Waals surface area contributed by atoms with Crippen molar-refractivity contribution >= 4 is 39.3 Å². The van der Waals surface area contributed by atoms with Crippen molar-refractivity contribution in [1.82, 2.24) is 9.21 Å². The second-order valence-electron chi connectivity index (χ2n) is 7.22. The van der Waals surface area contributed by atoms with Crippen LogP contribution in [0.1, 0.15) is 29.8 Å². The number of aryl methyl sites for hydroxylation is 1. The van der Waals surface area contributed by atoms with Gasteiger partial charge in [0.15, 0.2) is 0 Å². The minimum absolute atomic E-state index is 0.173. The summed E-state index contributed by atoms with van der Waals surface area (Å²) in [6.45, 7) is 6.04. The summed E-state index contributed by atoms with van der Waals surface area (Å²) in [5.41, 5.74) is 1.54. The lowest BCUT2D eigenvalue weighted by Crippen LogP contribution is -2.44. The molecular formula is C22H27N3O4S2. The Kier molecular flexibility index (Phi) is 7.40. The number of carbonyl (C=O) groups is 2. The third kappa shape index (κ3) is 4.94. The molecule has 2 aromatic rings. The number of hydrogen-bond donors (Lipinski definition) is 1. The Balaban J connectivity index is 1.81. The average Bonchev–Trinajstić information content (AvgIpc) is 3.26. The molecule has 0 bridgehead atoms. The molecule has 7 nitrogen and oxygen atoms in total. The van der Waals surface area contributed by atoms with E-state index < -0.39 is 16.1 Å². The van der Waals surface area contributed by atoms with E-state index in [2.05, 4.69) is 5.32 Å². The predicted octanol–water partition coefficient (Wildman–Crippen LogP) is 3.18. The Morgan fingerprint density at radius 1 is 1.13 bits per heavy atom. The van der Waals surface area contributed by atoms with Crippen LogP contribution in [-0.2, 0) is 14.8 Å². The highest BCUT2D eigenvalue weighted by atomic mass is 32.2. The Morgan fingerprint density at radius 3 is 2.45 bits per heavy atom. The summed E-state index contributed by atoms with van der Waals surface area (Å²) in [6.07, 6.45) is 0. The molecule has 1 atom stereocenters. The number of amides is 2. The normalized spacial score (nSPS) is 16.5. The molecule has 1 N–H and O–H groups in total. The molecule has 3 rings (SSSR count). The third-order valence-corrected chi connectivity index (χ3v) is 8.45. The third-order valence-electron chi connectivity index (χ3n) is 5.25. The van der Waals surface area contributed by atoms with Gasteiger partial charge in [-0.05, 0) is 36.8 Å². The lowest BCUT2D eigenvalue weighted by Gasteiger charge is -2.24. The van der Waals surface area contributed by atoms with Gasteiger partial charge in [0.2, 0.25) is 15.9 Å². The molecule has 0 spiro atoms. The van der Waals surface area contributed by atoms with Gasteiger partial charge in [0, 0.05) is 30.1 Å². The zero-order chi connectivity index (χ0) is 22.6. The fourth-order valence-corrected chi connectivity index (χ4v) is 6.35. The van der Waals surface area contributed by atoms with Gasteiger partial charge in [-0.2, -0.15) is 4.31 Å². The average molecular weight is 462 g/mol. The van der Waals surface area contributed by atoms with E-state index in [9.17, 15) is 18.0 Å². The Hall–Kier alpha value is -2.36. The molecule has 0 aliphatic carbocycles. The van der Waals surface area contributed by atoms with Gasteiger partial charge < -0.3 is 10.2 Å². The van der Waals surface area contributed by atoms with Crippen LogP contribution >= 0.6 is 11.8 Å². The minimum Gasteiger partial charge on any atom is -0.324 e. The van der Waals surface area contributed by atoms with Gasteiger partial charge in [0.25, 0.3) is 5.91 Å². The first-order valence-electron chi connectivity index (χ1n) is 10.1. The van der Waals surface area contributed by atoms with E-state index in [1.165, 1.54) is 22.1 Å². The minimum atomic E-state index is -3.66. The van der Waals surface area contributed by atoms with Crippen LogP contribution in [0.3, 0.4) is 0 Å². The van der Waals surface area contributed by atoms with Crippen molar-refractivity contribution in [3.63, 3.8) is 0 Å². The van der Waals surface area contributed by atoms with E-state index in [-0.39, 0.29) is 16.7 Å². The summed E-state index contributed by atoms with van der Waals surface area (Å²) in [4.78, 5) is 27.5. The molecule has 2 aromatic carbocycles. The molecule has 1 aliphatic rings. The largest absolute Gasteiger partial charge is 0.324 e. The summed E-state index contributed by atoms with van der Waals surface area (Å²) >= 11 is 1.51. The quantitative estimate of drug-likeness (QED) is 0.684. The van der Waals surface area contributed by atoms with E-state index >= 15 is 0 Å². The highest BCUT2D eigenvalue weighted by molar-refractivity contribution is 7.99. The molecule has 1 heterocycles. The van der Waals surface area contributed by atoms with Gasteiger partial charge in [0.05, 0.1) is 10.8 Å². The van der Waals surface area contributed by atoms with Gasteiger partial charge in [-0.1, -0.05) is 38.1 Å². The molecule has 1 saturated heterocycles. The Bertz CT molecular complexity index is 1050. The van der Waals surface area contributed by atoms with Crippen molar-refractivity contribution in [2.45, 2.75) is 31.7 Å². The maximum Gasteiger partial charge on any atom is 0.255 e. The van der Waals surface area contributed by atoms with Crippen LogP contribution in [-0.4, -0.2) is 60.2 Å². The van der Waals surface area contributed by atoms with Crippen molar-refractivity contribution in [3.05, 3.63) is 59.7 Å². The molecule has 0 aromatic heterocycles. The molecule has 166 valence electrons. The van der Waals surface area contributed by atoms with Crippen molar-refractivity contribution in [2.24, 2.45) is 0 Å². The Labute approximate surface area is 187 Å². The maximum atomic E-state index is 13.0. The summed E-state index contributed by atoms with van der Waals surface area (Å²) in [5.74, 6) is 0.395. The number of anilines is 1. The summed E-state index contributed by atoms with van der Waals surface area (Å²) in [7, 11) is -3.66. The van der Waals surface area contributed by atoms with Gasteiger partial charge in [-0.15, -0.1) is 11.8 Å². The summed E-state index contributed by atoms with van der Waals surface area (Å²) < 4.78 is 27.3. The van der Waals surface area contributed by atoms with E-state index in [1.54, 1.807) is 62.1 Å². The first-order valence-corrected chi connectivity index (χ1v) is 12.7. The molecule has 1 aliphatic heterocycles. The van der Waals surface area contributed by atoms with Crippen LogP contribution in [0.5, 0.6) is 0 Å². The first-order chi connectivity index (χ1) is 14.8. The number of nitrogens with one attached hydrogen (secondary N) is 1. The van der Waals surface area contributed by atoms with Gasteiger partial charge in [-0.25, -0.2) is 8.42 Å². The molecule has 31 heavy (non-hydrogen) atoms. The molecule has 0 radical (unpaired) electrons. The number of rotatable bonds is 7. The molecule has 1 fully saturated rings. The van der Waals surface area contributed by atoms with Crippen molar-refractivity contribution in [2.75, 3.05) is 30.0 Å². The first kappa shape index (κ1) is 23.3. The van der Waals surface area contributed by atoms with E-state index in [1.807, 2.05) is 6.07 Å². The highest BCUT2D eigenvalue weighted by Gasteiger charge is 2.35. The van der Waals surface area contributed by atoms with Crippen LogP contribution in [0.25, 0.3) is 0 Å². The standard InChI is InChI=1S/C22H27N3O4S2/c1-4-24(5-2)31(28,29)20-13-18(12-11-16(20)3)23-21(26)19-14-30-15-25(19)22(27)17-9-7-6-8-10-17/h6-13,19H,4-5,14-15H2,1-3H3,(H,23,26)/t19-/m0/s1. The molecular weight excluding hydrogens is 434 g/mol. The fraction of sp³-hybridized carbons (Fsp3) is 0.364. The van der Waals surface area contributed by atoms with Gasteiger partial charge in [-0.3, -0.25) is 9.59 Å². The van der Waals surface area contributed by atoms with Crippen molar-refractivity contribution in [1.29, 1.82) is 0 Å². The smallest absolute Gasteiger partial charge is 0.255 e. The SMILES string of the molecule is CCN(CC)S(=O)(=O)c1cc(NC(=O)[C@@H]2CSCN2C(=O)c2ccccc2)ccc1C. The molecule has 0 saturated carbocycles. The monoisotopic (exact) mass is 461 g/mol. The number of thioether (sulfide) groups is 1. The van der Waals surface area contributed by atoms with Crippen molar-refractivity contribution < 1.29 is 18.0 Å². The number of hydrogen-bond acceptors (Lipinski definition) is 5. The van der Waals surface area contributed by atoms with E-state index in [4.69, 9.17) is 0 Å². The zero-order valence-electron chi connectivity index (χ0n) is 17.9. The number of carbonyl (C=O) groups excluding carboxylic acids is 2. The van der Waals surface area contributed by atoms with Crippen LogP contribution < -0.4 is 5.32 Å². The number of benzene rings is 2. The second kappa shape index (κ2) is 9.84. The number of sulfonamides is 1.